The number of carbonyl (C=O) groups excluding carboxylic acids is 3. The average molecular weight is 413 g/mol. The Kier molecular flexibility index (Phi) is 12.1. The second-order valence-corrected chi connectivity index (χ2v) is 8.90. The average Bonchev–Trinajstić information content (AvgIpc) is 2.63. The van der Waals surface area contributed by atoms with Crippen LogP contribution in [-0.2, 0) is 14.4 Å². The molecule has 0 bridgehead atoms. The molecule has 0 saturated carbocycles. The Hall–Kier alpha value is -1.63. The molecular weight excluding hydrogens is 368 g/mol. The molecule has 7 nitrogen and oxygen atoms in total. The molecule has 0 rings (SSSR count). The number of nitrogens with one attached hydrogen (secondary N) is 2. The normalized spacial score (nSPS) is 16.8. The molecule has 0 unspecified atom stereocenters. The zero-order valence-corrected chi connectivity index (χ0v) is 19.9. The molecule has 0 spiro atoms. The van der Waals surface area contributed by atoms with Crippen molar-refractivity contribution < 1.29 is 14.4 Å². The molecule has 0 aromatic heterocycles. The molecule has 0 aliphatic rings. The van der Waals surface area contributed by atoms with Gasteiger partial charge in [0.15, 0.2) is 0 Å². The van der Waals surface area contributed by atoms with Crippen LogP contribution in [0.5, 0.6) is 0 Å². The van der Waals surface area contributed by atoms with Crippen LogP contribution < -0.4 is 16.4 Å². The molecule has 3 amide bonds. The van der Waals surface area contributed by atoms with E-state index in [0.29, 0.717) is 0 Å². The number of primary amides is 1. The minimum absolute atomic E-state index is 0.0133. The Morgan fingerprint density at radius 2 is 1.45 bits per heavy atom. The lowest BCUT2D eigenvalue weighted by atomic mass is 9.82. The second-order valence-electron chi connectivity index (χ2n) is 8.90. The van der Waals surface area contributed by atoms with Crippen LogP contribution in [0.1, 0.15) is 67.7 Å². The maximum atomic E-state index is 13.4. The van der Waals surface area contributed by atoms with Gasteiger partial charge in [-0.25, -0.2) is 0 Å². The van der Waals surface area contributed by atoms with E-state index in [2.05, 4.69) is 24.5 Å². The molecule has 0 aliphatic heterocycles. The lowest BCUT2D eigenvalue weighted by molar-refractivity contribution is -0.141. The van der Waals surface area contributed by atoms with Crippen molar-refractivity contribution in [1.82, 2.24) is 15.5 Å². The van der Waals surface area contributed by atoms with E-state index in [9.17, 15) is 14.4 Å². The largest absolute Gasteiger partial charge is 0.370 e. The first-order chi connectivity index (χ1) is 13.4. The summed E-state index contributed by atoms with van der Waals surface area (Å²) in [5.41, 5.74) is 5.47. The van der Waals surface area contributed by atoms with Crippen molar-refractivity contribution in [3.63, 3.8) is 0 Å². The van der Waals surface area contributed by atoms with E-state index >= 15 is 0 Å². The quantitative estimate of drug-likeness (QED) is 0.431. The van der Waals surface area contributed by atoms with Crippen LogP contribution in [0.3, 0.4) is 0 Å². The molecule has 0 fully saturated rings. The smallest absolute Gasteiger partial charge is 0.245 e. The Bertz CT molecular complexity index is 536. The summed E-state index contributed by atoms with van der Waals surface area (Å²) in [7, 11) is 3.53. The van der Waals surface area contributed by atoms with E-state index in [1.54, 1.807) is 19.0 Å². The summed E-state index contributed by atoms with van der Waals surface area (Å²) < 4.78 is 0. The van der Waals surface area contributed by atoms with Crippen molar-refractivity contribution in [2.45, 2.75) is 85.9 Å². The van der Waals surface area contributed by atoms with Gasteiger partial charge < -0.3 is 21.3 Å². The van der Waals surface area contributed by atoms with Crippen LogP contribution in [0.15, 0.2) is 0 Å². The first-order valence-corrected chi connectivity index (χ1v) is 10.9. The van der Waals surface area contributed by atoms with E-state index in [1.165, 1.54) is 0 Å². The number of hydrogen-bond acceptors (Lipinski definition) is 4. The minimum Gasteiger partial charge on any atom is -0.370 e. The van der Waals surface area contributed by atoms with Crippen LogP contribution in [0.25, 0.3) is 0 Å². The van der Waals surface area contributed by atoms with E-state index < -0.39 is 6.04 Å². The summed E-state index contributed by atoms with van der Waals surface area (Å²) in [6.07, 6.45) is 1.88. The Morgan fingerprint density at radius 1 is 0.931 bits per heavy atom. The SMILES string of the molecule is CC[C@H](CC(N)=O)[C@H]([C@@H](C)CC)N(C)C(=O)[C@@H](NC(=O)[C@@H](NC)C(C)C)C(C)C. The predicted octanol–water partition coefficient (Wildman–Crippen LogP) is 2.15. The minimum atomic E-state index is -0.625. The highest BCUT2D eigenvalue weighted by Gasteiger charge is 2.37. The van der Waals surface area contributed by atoms with Crippen molar-refractivity contribution in [2.75, 3.05) is 14.1 Å². The molecule has 5 atom stereocenters. The van der Waals surface area contributed by atoms with Gasteiger partial charge >= 0.3 is 0 Å². The molecule has 170 valence electrons. The third-order valence-corrected chi connectivity index (χ3v) is 5.98. The van der Waals surface area contributed by atoms with Crippen molar-refractivity contribution in [1.29, 1.82) is 0 Å². The van der Waals surface area contributed by atoms with Gasteiger partial charge in [-0.3, -0.25) is 14.4 Å². The van der Waals surface area contributed by atoms with Crippen LogP contribution in [0.2, 0.25) is 0 Å². The van der Waals surface area contributed by atoms with Gasteiger partial charge in [0.1, 0.15) is 6.04 Å². The van der Waals surface area contributed by atoms with Gasteiger partial charge in [-0.2, -0.15) is 0 Å². The number of likely N-dealkylation sites (N-methyl/N-ethyl adjacent to an activating group) is 2. The number of hydrogen-bond donors (Lipinski definition) is 3. The van der Waals surface area contributed by atoms with Crippen molar-refractivity contribution in [3.05, 3.63) is 0 Å². The third kappa shape index (κ3) is 7.96. The molecular formula is C22H44N4O3. The first-order valence-electron chi connectivity index (χ1n) is 10.9. The van der Waals surface area contributed by atoms with Crippen LogP contribution in [0, 0.1) is 23.7 Å². The Morgan fingerprint density at radius 3 is 1.79 bits per heavy atom. The van der Waals surface area contributed by atoms with Crippen molar-refractivity contribution >= 4 is 17.7 Å². The molecule has 0 heterocycles. The van der Waals surface area contributed by atoms with Gasteiger partial charge in [0.05, 0.1) is 6.04 Å². The topological polar surface area (TPSA) is 105 Å². The standard InChI is InChI=1S/C22H44N4O3/c1-10-15(7)20(16(11-2)12-17(23)27)26(9)22(29)19(14(5)6)25-21(28)18(24-8)13(3)4/h13-16,18-20,24H,10-12H2,1-9H3,(H2,23,27)(H,25,28)/t15-,16+,18-,19-,20-/m0/s1. The van der Waals surface area contributed by atoms with Gasteiger partial charge in [-0.15, -0.1) is 0 Å². The van der Waals surface area contributed by atoms with Crippen LogP contribution in [-0.4, -0.2) is 54.8 Å². The lowest BCUT2D eigenvalue weighted by Gasteiger charge is -2.40. The first kappa shape index (κ1) is 27.4. The molecule has 0 aliphatic carbocycles. The maximum absolute atomic E-state index is 13.4. The molecule has 0 aromatic rings. The molecule has 0 saturated heterocycles. The fourth-order valence-electron chi connectivity index (χ4n) is 4.06. The highest BCUT2D eigenvalue weighted by molar-refractivity contribution is 5.90. The zero-order chi connectivity index (χ0) is 22.9. The molecule has 0 aromatic carbocycles. The molecule has 4 N–H and O–H groups in total. The van der Waals surface area contributed by atoms with E-state index in [-0.39, 0.29) is 59.9 Å². The van der Waals surface area contributed by atoms with Crippen LogP contribution in [0.4, 0.5) is 0 Å². The summed E-state index contributed by atoms with van der Waals surface area (Å²) in [4.78, 5) is 39.5. The number of nitrogens with two attached hydrogens (primary N) is 1. The Balaban J connectivity index is 5.72. The van der Waals surface area contributed by atoms with Gasteiger partial charge in [-0.1, -0.05) is 61.3 Å². The summed E-state index contributed by atoms with van der Waals surface area (Å²) in [6.45, 7) is 14.0. The fourth-order valence-corrected chi connectivity index (χ4v) is 4.06. The number of rotatable bonds is 13. The fraction of sp³-hybridized carbons (Fsp3) is 0.864. The summed E-state index contributed by atoms with van der Waals surface area (Å²) in [6, 6.07) is -1.11. The van der Waals surface area contributed by atoms with Gasteiger partial charge in [0.2, 0.25) is 17.7 Å². The second kappa shape index (κ2) is 12.8. The maximum Gasteiger partial charge on any atom is 0.245 e. The monoisotopic (exact) mass is 412 g/mol. The molecule has 0 radical (unpaired) electrons. The number of carbonyl (C=O) groups is 3. The third-order valence-electron chi connectivity index (χ3n) is 5.98. The lowest BCUT2D eigenvalue weighted by Crippen LogP contribution is -2.58. The van der Waals surface area contributed by atoms with Crippen molar-refractivity contribution in [3.8, 4) is 0 Å². The van der Waals surface area contributed by atoms with Gasteiger partial charge in [-0.05, 0) is 30.7 Å². The van der Waals surface area contributed by atoms with Crippen LogP contribution >= 0.6 is 0 Å². The molecule has 7 heteroatoms. The van der Waals surface area contributed by atoms with E-state index in [1.807, 2.05) is 34.6 Å². The predicted molar refractivity (Wildman–Crippen MR) is 118 cm³/mol. The summed E-state index contributed by atoms with van der Waals surface area (Å²) >= 11 is 0. The number of nitrogens with zero attached hydrogens (tertiary/aromatic N) is 1. The highest BCUT2D eigenvalue weighted by atomic mass is 16.2. The van der Waals surface area contributed by atoms with Gasteiger partial charge in [0.25, 0.3) is 0 Å². The highest BCUT2D eigenvalue weighted by Crippen LogP contribution is 2.27. The summed E-state index contributed by atoms with van der Waals surface area (Å²) in [5, 5.41) is 5.98. The number of amides is 3. The van der Waals surface area contributed by atoms with E-state index in [0.717, 1.165) is 12.8 Å². The Labute approximate surface area is 177 Å². The van der Waals surface area contributed by atoms with Crippen molar-refractivity contribution in [2.24, 2.45) is 29.4 Å². The van der Waals surface area contributed by atoms with E-state index in [4.69, 9.17) is 5.73 Å². The zero-order valence-electron chi connectivity index (χ0n) is 19.9. The molecule has 29 heavy (non-hydrogen) atoms. The summed E-state index contributed by atoms with van der Waals surface area (Å²) in [5.74, 6) is -0.417. The van der Waals surface area contributed by atoms with Gasteiger partial charge in [0, 0.05) is 19.5 Å².